The van der Waals surface area contributed by atoms with Gasteiger partial charge in [-0.2, -0.15) is 0 Å². The molecule has 0 unspecified atom stereocenters. The summed E-state index contributed by atoms with van der Waals surface area (Å²) in [5.74, 6) is -0.493. The lowest BCUT2D eigenvalue weighted by Crippen LogP contribution is -2.31. The number of halogens is 1. The smallest absolute Gasteiger partial charge is 0.254 e. The molecule has 2 aromatic carbocycles. The van der Waals surface area contributed by atoms with E-state index in [0.717, 1.165) is 12.2 Å². The highest BCUT2D eigenvalue weighted by Gasteiger charge is 2.17. The van der Waals surface area contributed by atoms with Crippen molar-refractivity contribution in [3.63, 3.8) is 0 Å². The van der Waals surface area contributed by atoms with Gasteiger partial charge in [-0.25, -0.2) is 4.39 Å². The Bertz CT molecular complexity index is 928. The monoisotopic (exact) mass is 362 g/mol. The molecule has 0 aliphatic rings. The molecule has 0 atom stereocenters. The molecule has 1 aromatic heterocycles. The number of rotatable bonds is 7. The van der Waals surface area contributed by atoms with E-state index in [1.165, 1.54) is 35.4 Å². The van der Waals surface area contributed by atoms with Crippen LogP contribution in [-0.2, 0) is 13.1 Å². The van der Waals surface area contributed by atoms with Crippen molar-refractivity contribution in [2.75, 3.05) is 6.54 Å². The van der Waals surface area contributed by atoms with Crippen LogP contribution in [-0.4, -0.2) is 21.9 Å². The molecular weight excluding hydrogens is 339 g/mol. The number of aromatic nitrogens is 1. The van der Waals surface area contributed by atoms with E-state index in [1.807, 2.05) is 30.5 Å². The summed E-state index contributed by atoms with van der Waals surface area (Å²) in [5.41, 5.74) is 3.99. The summed E-state index contributed by atoms with van der Waals surface area (Å²) < 4.78 is 15.3. The van der Waals surface area contributed by atoms with Gasteiger partial charge < -0.3 is 9.47 Å². The zero-order chi connectivity index (χ0) is 19.2. The predicted octanol–water partition coefficient (Wildman–Crippen LogP) is 4.81. The van der Waals surface area contributed by atoms with E-state index < -0.39 is 0 Å². The summed E-state index contributed by atoms with van der Waals surface area (Å²) in [5, 5.41) is 0. The van der Waals surface area contributed by atoms with Crippen LogP contribution in [0.1, 0.15) is 27.2 Å². The molecular formula is C23H23FN2O. The predicted molar refractivity (Wildman–Crippen MR) is 106 cm³/mol. The van der Waals surface area contributed by atoms with E-state index >= 15 is 0 Å². The molecule has 0 saturated carbocycles. The van der Waals surface area contributed by atoms with Crippen molar-refractivity contribution >= 4 is 5.91 Å². The third-order valence-corrected chi connectivity index (χ3v) is 4.61. The number of nitrogens with zero attached hydrogens (tertiary/aromatic N) is 2. The third-order valence-electron chi connectivity index (χ3n) is 4.61. The SMILES string of the molecule is C=CCN(Cc1cccn1Cc1ccccc1C)C(=O)c1ccc(F)cc1. The van der Waals surface area contributed by atoms with E-state index in [0.29, 0.717) is 18.7 Å². The first-order chi connectivity index (χ1) is 13.1. The van der Waals surface area contributed by atoms with Gasteiger partial charge in [-0.1, -0.05) is 30.3 Å². The largest absolute Gasteiger partial charge is 0.345 e. The Kier molecular flexibility index (Phi) is 5.87. The summed E-state index contributed by atoms with van der Waals surface area (Å²) in [6.45, 7) is 7.49. The summed E-state index contributed by atoms with van der Waals surface area (Å²) in [4.78, 5) is 14.6. The van der Waals surface area contributed by atoms with Crippen molar-refractivity contribution in [3.8, 4) is 0 Å². The van der Waals surface area contributed by atoms with E-state index in [4.69, 9.17) is 0 Å². The van der Waals surface area contributed by atoms with Crippen molar-refractivity contribution in [1.29, 1.82) is 0 Å². The molecule has 3 nitrogen and oxygen atoms in total. The van der Waals surface area contributed by atoms with Gasteiger partial charge in [0.2, 0.25) is 0 Å². The van der Waals surface area contributed by atoms with Gasteiger partial charge in [0.1, 0.15) is 5.82 Å². The first-order valence-corrected chi connectivity index (χ1v) is 8.92. The molecule has 0 spiro atoms. The van der Waals surface area contributed by atoms with Gasteiger partial charge in [0.15, 0.2) is 0 Å². The van der Waals surface area contributed by atoms with Crippen LogP contribution in [0.3, 0.4) is 0 Å². The van der Waals surface area contributed by atoms with Gasteiger partial charge in [0.25, 0.3) is 5.91 Å². The first-order valence-electron chi connectivity index (χ1n) is 8.92. The second-order valence-corrected chi connectivity index (χ2v) is 6.54. The standard InChI is InChI=1S/C23H23FN2O/c1-3-14-26(23(27)19-10-12-21(24)13-11-19)17-22-9-6-15-25(22)16-20-8-5-4-7-18(20)2/h3-13,15H,1,14,16-17H2,2H3. The molecule has 0 aliphatic heterocycles. The molecule has 0 aliphatic carbocycles. The summed E-state index contributed by atoms with van der Waals surface area (Å²) in [6, 6.07) is 17.9. The minimum atomic E-state index is -0.353. The maximum Gasteiger partial charge on any atom is 0.254 e. The lowest BCUT2D eigenvalue weighted by Gasteiger charge is -2.22. The van der Waals surface area contributed by atoms with Gasteiger partial charge in [-0.05, 0) is 54.4 Å². The van der Waals surface area contributed by atoms with Gasteiger partial charge >= 0.3 is 0 Å². The summed E-state index contributed by atoms with van der Waals surface area (Å²) >= 11 is 0. The van der Waals surface area contributed by atoms with Gasteiger partial charge in [0, 0.05) is 30.5 Å². The van der Waals surface area contributed by atoms with Crippen LogP contribution < -0.4 is 0 Å². The average Bonchev–Trinajstić information content (AvgIpc) is 3.10. The highest BCUT2D eigenvalue weighted by Crippen LogP contribution is 2.15. The van der Waals surface area contributed by atoms with Gasteiger partial charge in [-0.15, -0.1) is 6.58 Å². The molecule has 138 valence electrons. The highest BCUT2D eigenvalue weighted by molar-refractivity contribution is 5.94. The number of benzene rings is 2. The Morgan fingerprint density at radius 1 is 1.11 bits per heavy atom. The molecule has 27 heavy (non-hydrogen) atoms. The first kappa shape index (κ1) is 18.6. The third kappa shape index (κ3) is 4.53. The van der Waals surface area contributed by atoms with Gasteiger partial charge in [-0.3, -0.25) is 4.79 Å². The fourth-order valence-electron chi connectivity index (χ4n) is 3.06. The van der Waals surface area contributed by atoms with Crippen LogP contribution in [0.4, 0.5) is 4.39 Å². The Hall–Kier alpha value is -3.14. The van der Waals surface area contributed by atoms with Crippen molar-refractivity contribution in [3.05, 3.63) is 108 Å². The van der Waals surface area contributed by atoms with E-state index in [9.17, 15) is 9.18 Å². The maximum atomic E-state index is 13.2. The molecule has 4 heteroatoms. The zero-order valence-electron chi connectivity index (χ0n) is 15.4. The Balaban J connectivity index is 1.80. The minimum absolute atomic E-state index is 0.140. The van der Waals surface area contributed by atoms with Crippen LogP contribution in [0.25, 0.3) is 0 Å². The molecule has 1 heterocycles. The number of aryl methyl sites for hydroxylation is 1. The Morgan fingerprint density at radius 3 is 2.56 bits per heavy atom. The molecule has 0 radical (unpaired) electrons. The lowest BCUT2D eigenvalue weighted by molar-refractivity contribution is 0.0759. The number of carbonyl (C=O) groups is 1. The Labute approximate surface area is 159 Å². The van der Waals surface area contributed by atoms with E-state index in [1.54, 1.807) is 11.0 Å². The van der Waals surface area contributed by atoms with Crippen LogP contribution >= 0.6 is 0 Å². The second kappa shape index (κ2) is 8.49. The average molecular weight is 362 g/mol. The van der Waals surface area contributed by atoms with E-state index in [2.05, 4.69) is 30.2 Å². The molecule has 0 saturated heterocycles. The molecule has 3 rings (SSSR count). The molecule has 3 aromatic rings. The Morgan fingerprint density at radius 2 is 1.85 bits per heavy atom. The van der Waals surface area contributed by atoms with Crippen LogP contribution in [0.2, 0.25) is 0 Å². The minimum Gasteiger partial charge on any atom is -0.345 e. The fourth-order valence-corrected chi connectivity index (χ4v) is 3.06. The van der Waals surface area contributed by atoms with Crippen LogP contribution in [0.15, 0.2) is 79.5 Å². The lowest BCUT2D eigenvalue weighted by atomic mass is 10.1. The number of carbonyl (C=O) groups excluding carboxylic acids is 1. The topological polar surface area (TPSA) is 25.2 Å². The summed E-state index contributed by atoms with van der Waals surface area (Å²) in [6.07, 6.45) is 3.73. The van der Waals surface area contributed by atoms with Crippen molar-refractivity contribution in [2.24, 2.45) is 0 Å². The molecule has 0 N–H and O–H groups in total. The number of hydrogen-bond donors (Lipinski definition) is 0. The molecule has 1 amide bonds. The molecule has 0 bridgehead atoms. The highest BCUT2D eigenvalue weighted by atomic mass is 19.1. The van der Waals surface area contributed by atoms with Crippen LogP contribution in [0.5, 0.6) is 0 Å². The zero-order valence-corrected chi connectivity index (χ0v) is 15.4. The van der Waals surface area contributed by atoms with Gasteiger partial charge in [0.05, 0.1) is 6.54 Å². The number of amides is 1. The summed E-state index contributed by atoms with van der Waals surface area (Å²) in [7, 11) is 0. The fraction of sp³-hybridized carbons (Fsp3) is 0.174. The van der Waals surface area contributed by atoms with E-state index in [-0.39, 0.29) is 11.7 Å². The van der Waals surface area contributed by atoms with Crippen molar-refractivity contribution in [1.82, 2.24) is 9.47 Å². The second-order valence-electron chi connectivity index (χ2n) is 6.54. The normalized spacial score (nSPS) is 10.6. The van der Waals surface area contributed by atoms with Crippen LogP contribution in [0, 0.1) is 12.7 Å². The molecule has 0 fully saturated rings. The maximum absolute atomic E-state index is 13.2. The number of hydrogen-bond acceptors (Lipinski definition) is 1. The van der Waals surface area contributed by atoms with Crippen molar-refractivity contribution < 1.29 is 9.18 Å². The van der Waals surface area contributed by atoms with Crippen molar-refractivity contribution in [2.45, 2.75) is 20.0 Å². The quantitative estimate of drug-likeness (QED) is 0.554.